The maximum absolute atomic E-state index is 5.46. The minimum atomic E-state index is 0.497. The van der Waals surface area contributed by atoms with Crippen LogP contribution in [0, 0.1) is 0 Å². The fourth-order valence-electron chi connectivity index (χ4n) is 1.24. The molecule has 0 aromatic rings. The van der Waals surface area contributed by atoms with Gasteiger partial charge >= 0.3 is 0 Å². The number of thioether (sulfide) groups is 1. The van der Waals surface area contributed by atoms with Gasteiger partial charge in [-0.25, -0.2) is 0 Å². The van der Waals surface area contributed by atoms with E-state index in [0.717, 1.165) is 19.7 Å². The van der Waals surface area contributed by atoms with E-state index >= 15 is 0 Å². The van der Waals surface area contributed by atoms with E-state index in [-0.39, 0.29) is 0 Å². The molecule has 1 atom stereocenters. The zero-order valence-electron chi connectivity index (χ0n) is 7.14. The first-order chi connectivity index (χ1) is 5.43. The van der Waals surface area contributed by atoms with E-state index in [9.17, 15) is 0 Å². The summed E-state index contributed by atoms with van der Waals surface area (Å²) in [6, 6.07) is 0. The third-order valence-electron chi connectivity index (χ3n) is 1.88. The van der Waals surface area contributed by atoms with E-state index in [2.05, 4.69) is 11.6 Å². The van der Waals surface area contributed by atoms with Crippen molar-refractivity contribution in [3.05, 3.63) is 0 Å². The Balaban J connectivity index is 1.86. The molecule has 1 aliphatic heterocycles. The van der Waals surface area contributed by atoms with Crippen LogP contribution in [0.3, 0.4) is 0 Å². The van der Waals surface area contributed by atoms with Crippen LogP contribution in [0.1, 0.15) is 12.8 Å². The molecule has 0 radical (unpaired) electrons. The van der Waals surface area contributed by atoms with Gasteiger partial charge < -0.3 is 10.1 Å². The highest BCUT2D eigenvalue weighted by atomic mass is 32.2. The lowest BCUT2D eigenvalue weighted by atomic mass is 10.2. The van der Waals surface area contributed by atoms with E-state index in [1.165, 1.54) is 18.6 Å². The Morgan fingerprint density at radius 1 is 1.64 bits per heavy atom. The molecule has 0 bridgehead atoms. The van der Waals surface area contributed by atoms with E-state index in [1.54, 1.807) is 0 Å². The molecule has 0 aromatic heterocycles. The lowest BCUT2D eigenvalue weighted by Crippen LogP contribution is -2.27. The van der Waals surface area contributed by atoms with E-state index in [4.69, 9.17) is 4.74 Å². The van der Waals surface area contributed by atoms with Gasteiger partial charge in [0.05, 0.1) is 6.10 Å². The zero-order valence-corrected chi connectivity index (χ0v) is 7.95. The second kappa shape index (κ2) is 5.86. The van der Waals surface area contributed by atoms with Gasteiger partial charge in [0.25, 0.3) is 0 Å². The van der Waals surface area contributed by atoms with Crippen molar-refractivity contribution in [2.45, 2.75) is 18.9 Å². The molecule has 0 aliphatic carbocycles. The van der Waals surface area contributed by atoms with Crippen molar-refractivity contribution in [3.63, 3.8) is 0 Å². The van der Waals surface area contributed by atoms with Crippen molar-refractivity contribution in [2.24, 2.45) is 0 Å². The molecular formula is C8H17NOS. The quantitative estimate of drug-likeness (QED) is 0.633. The first kappa shape index (κ1) is 9.36. The van der Waals surface area contributed by atoms with Crippen molar-refractivity contribution in [3.8, 4) is 0 Å². The van der Waals surface area contributed by atoms with E-state index < -0.39 is 0 Å². The molecule has 3 heteroatoms. The van der Waals surface area contributed by atoms with Crippen LogP contribution in [0.15, 0.2) is 0 Å². The van der Waals surface area contributed by atoms with Crippen LogP contribution in [0.2, 0.25) is 0 Å². The van der Waals surface area contributed by atoms with Crippen molar-refractivity contribution >= 4 is 11.8 Å². The van der Waals surface area contributed by atoms with Crippen LogP contribution in [0.25, 0.3) is 0 Å². The second-order valence-corrected chi connectivity index (χ2v) is 3.82. The highest BCUT2D eigenvalue weighted by Gasteiger charge is 2.13. The Morgan fingerprint density at radius 3 is 3.18 bits per heavy atom. The molecule has 0 spiro atoms. The molecular weight excluding hydrogens is 158 g/mol. The summed E-state index contributed by atoms with van der Waals surface area (Å²) in [7, 11) is 0. The summed E-state index contributed by atoms with van der Waals surface area (Å²) < 4.78 is 5.46. The van der Waals surface area contributed by atoms with Gasteiger partial charge in [-0.1, -0.05) is 0 Å². The maximum Gasteiger partial charge on any atom is 0.0700 e. The summed E-state index contributed by atoms with van der Waals surface area (Å²) in [4.78, 5) is 0. The molecule has 1 N–H and O–H groups in total. The molecule has 1 fully saturated rings. The van der Waals surface area contributed by atoms with Crippen LogP contribution in [-0.2, 0) is 4.74 Å². The summed E-state index contributed by atoms with van der Waals surface area (Å²) in [6.45, 7) is 3.12. The van der Waals surface area contributed by atoms with Gasteiger partial charge in [-0.05, 0) is 19.1 Å². The number of rotatable bonds is 5. The smallest absolute Gasteiger partial charge is 0.0700 e. The van der Waals surface area contributed by atoms with Gasteiger partial charge in [0, 0.05) is 25.4 Å². The number of hydrogen-bond donors (Lipinski definition) is 1. The Bertz CT molecular complexity index is 94.1. The highest BCUT2D eigenvalue weighted by Crippen LogP contribution is 2.10. The summed E-state index contributed by atoms with van der Waals surface area (Å²) >= 11 is 1.88. The van der Waals surface area contributed by atoms with Gasteiger partial charge in [-0.2, -0.15) is 11.8 Å². The minimum Gasteiger partial charge on any atom is -0.377 e. The predicted molar refractivity (Wildman–Crippen MR) is 50.2 cm³/mol. The largest absolute Gasteiger partial charge is 0.377 e. The summed E-state index contributed by atoms with van der Waals surface area (Å²) in [5.41, 5.74) is 0. The van der Waals surface area contributed by atoms with Gasteiger partial charge in [0.2, 0.25) is 0 Å². The molecule has 1 unspecified atom stereocenters. The molecule has 1 heterocycles. The van der Waals surface area contributed by atoms with E-state index in [0.29, 0.717) is 6.10 Å². The predicted octanol–water partition coefficient (Wildman–Crippen LogP) is 1.12. The Labute approximate surface area is 73.1 Å². The first-order valence-corrected chi connectivity index (χ1v) is 5.64. The molecule has 0 aromatic carbocycles. The first-order valence-electron chi connectivity index (χ1n) is 4.24. The standard InChI is InChI=1S/C8H17NOS/c1-11-6-4-9-7-8-3-2-5-10-8/h8-9H,2-7H2,1H3. The molecule has 1 aliphatic rings. The van der Waals surface area contributed by atoms with Crippen LogP contribution in [0.4, 0.5) is 0 Å². The van der Waals surface area contributed by atoms with Crippen molar-refractivity contribution < 1.29 is 4.74 Å². The van der Waals surface area contributed by atoms with Crippen LogP contribution < -0.4 is 5.32 Å². The third kappa shape index (κ3) is 3.99. The molecule has 1 rings (SSSR count). The van der Waals surface area contributed by atoms with Crippen LogP contribution in [0.5, 0.6) is 0 Å². The minimum absolute atomic E-state index is 0.497. The van der Waals surface area contributed by atoms with Gasteiger partial charge in [0.1, 0.15) is 0 Å². The SMILES string of the molecule is CSCCNCC1CCCO1. The van der Waals surface area contributed by atoms with Gasteiger partial charge in [-0.15, -0.1) is 0 Å². The molecule has 66 valence electrons. The number of nitrogens with one attached hydrogen (secondary N) is 1. The highest BCUT2D eigenvalue weighted by molar-refractivity contribution is 7.98. The van der Waals surface area contributed by atoms with E-state index in [1.807, 2.05) is 11.8 Å². The number of hydrogen-bond acceptors (Lipinski definition) is 3. The molecule has 2 nitrogen and oxygen atoms in total. The Morgan fingerprint density at radius 2 is 2.55 bits per heavy atom. The van der Waals surface area contributed by atoms with Crippen LogP contribution >= 0.6 is 11.8 Å². The maximum atomic E-state index is 5.46. The van der Waals surface area contributed by atoms with Crippen molar-refractivity contribution in [1.82, 2.24) is 5.32 Å². The third-order valence-corrected chi connectivity index (χ3v) is 2.49. The lowest BCUT2D eigenvalue weighted by molar-refractivity contribution is 0.110. The average Bonchev–Trinajstić information content (AvgIpc) is 2.50. The fourth-order valence-corrected chi connectivity index (χ4v) is 1.59. The van der Waals surface area contributed by atoms with Crippen molar-refractivity contribution in [1.29, 1.82) is 0 Å². The molecule has 11 heavy (non-hydrogen) atoms. The zero-order chi connectivity index (χ0) is 7.94. The van der Waals surface area contributed by atoms with Gasteiger partial charge in [0.15, 0.2) is 0 Å². The molecule has 0 amide bonds. The molecule has 0 saturated carbocycles. The average molecular weight is 175 g/mol. The topological polar surface area (TPSA) is 21.3 Å². The summed E-state index contributed by atoms with van der Waals surface area (Å²) in [6.07, 6.45) is 5.12. The van der Waals surface area contributed by atoms with Crippen molar-refractivity contribution in [2.75, 3.05) is 31.7 Å². The lowest BCUT2D eigenvalue weighted by Gasteiger charge is -2.09. The van der Waals surface area contributed by atoms with Crippen LogP contribution in [-0.4, -0.2) is 37.8 Å². The second-order valence-electron chi connectivity index (χ2n) is 2.83. The monoisotopic (exact) mass is 175 g/mol. The molecule has 1 saturated heterocycles. The summed E-state index contributed by atoms with van der Waals surface area (Å²) in [5.74, 6) is 1.20. The summed E-state index contributed by atoms with van der Waals surface area (Å²) in [5, 5.41) is 3.38. The number of ether oxygens (including phenoxy) is 1. The Kier molecular flexibility index (Phi) is 4.99. The Hall–Kier alpha value is 0.270. The van der Waals surface area contributed by atoms with Gasteiger partial charge in [-0.3, -0.25) is 0 Å². The normalized spacial score (nSPS) is 24.3. The fraction of sp³-hybridized carbons (Fsp3) is 1.00.